The van der Waals surface area contributed by atoms with Crippen molar-refractivity contribution in [1.29, 1.82) is 0 Å². The minimum Gasteiger partial charge on any atom is -0.377 e. The number of nitrogens with zero attached hydrogens (tertiary/aromatic N) is 1. The Balaban J connectivity index is 2.66. The van der Waals surface area contributed by atoms with Gasteiger partial charge in [-0.05, 0) is 51.0 Å². The Kier molecular flexibility index (Phi) is 4.73. The minimum absolute atomic E-state index is 0.296. The SMILES string of the molecule is COC(C)(C)CN=C(N)Nc1ccc(C)c(C)c1. The predicted molar refractivity (Wildman–Crippen MR) is 77.1 cm³/mol. The van der Waals surface area contributed by atoms with Gasteiger partial charge in [0.15, 0.2) is 5.96 Å². The first kappa shape index (κ1) is 14.5. The molecule has 0 bridgehead atoms. The number of hydrogen-bond donors (Lipinski definition) is 2. The van der Waals surface area contributed by atoms with Crippen molar-refractivity contribution < 1.29 is 4.74 Å². The monoisotopic (exact) mass is 249 g/mol. The zero-order valence-corrected chi connectivity index (χ0v) is 11.9. The molecule has 18 heavy (non-hydrogen) atoms. The molecule has 0 unspecified atom stereocenters. The second kappa shape index (κ2) is 5.87. The number of guanidine groups is 1. The number of rotatable bonds is 4. The molecule has 0 atom stereocenters. The van der Waals surface area contributed by atoms with E-state index in [4.69, 9.17) is 10.5 Å². The van der Waals surface area contributed by atoms with E-state index in [1.807, 2.05) is 19.9 Å². The Bertz CT molecular complexity index is 439. The van der Waals surface area contributed by atoms with Crippen molar-refractivity contribution in [2.45, 2.75) is 33.3 Å². The summed E-state index contributed by atoms with van der Waals surface area (Å²) in [6.45, 7) is 8.62. The van der Waals surface area contributed by atoms with Crippen LogP contribution in [0.5, 0.6) is 0 Å². The van der Waals surface area contributed by atoms with Gasteiger partial charge in [-0.25, -0.2) is 0 Å². The molecule has 0 saturated heterocycles. The zero-order chi connectivity index (χ0) is 13.8. The third kappa shape index (κ3) is 4.37. The number of aliphatic imine (C=N–C) groups is 1. The first-order valence-electron chi connectivity index (χ1n) is 6.03. The topological polar surface area (TPSA) is 59.6 Å². The summed E-state index contributed by atoms with van der Waals surface area (Å²) in [5.74, 6) is 0.406. The molecule has 0 radical (unpaired) electrons. The normalized spacial score (nSPS) is 12.6. The Morgan fingerprint density at radius 1 is 1.33 bits per heavy atom. The third-order valence-electron chi connectivity index (χ3n) is 2.96. The van der Waals surface area contributed by atoms with Crippen LogP contribution in [-0.2, 0) is 4.74 Å². The Labute approximate surface area is 109 Å². The van der Waals surface area contributed by atoms with Gasteiger partial charge >= 0.3 is 0 Å². The van der Waals surface area contributed by atoms with Crippen LogP contribution in [-0.4, -0.2) is 25.2 Å². The largest absolute Gasteiger partial charge is 0.377 e. The number of nitrogens with one attached hydrogen (secondary N) is 1. The molecular weight excluding hydrogens is 226 g/mol. The smallest absolute Gasteiger partial charge is 0.193 e. The predicted octanol–water partition coefficient (Wildman–Crippen LogP) is 2.46. The van der Waals surface area contributed by atoms with Crippen LogP contribution in [0.4, 0.5) is 5.69 Å². The lowest BCUT2D eigenvalue weighted by Crippen LogP contribution is -2.30. The molecule has 0 aliphatic carbocycles. The molecule has 0 aliphatic heterocycles. The number of hydrogen-bond acceptors (Lipinski definition) is 2. The van der Waals surface area contributed by atoms with E-state index >= 15 is 0 Å². The van der Waals surface area contributed by atoms with Crippen LogP contribution in [0.15, 0.2) is 23.2 Å². The first-order chi connectivity index (χ1) is 8.34. The molecular formula is C14H23N3O. The molecule has 0 amide bonds. The van der Waals surface area contributed by atoms with Crippen molar-refractivity contribution in [1.82, 2.24) is 0 Å². The van der Waals surface area contributed by atoms with Gasteiger partial charge in [0.2, 0.25) is 0 Å². The maximum absolute atomic E-state index is 5.84. The van der Waals surface area contributed by atoms with Crippen molar-refractivity contribution in [2.24, 2.45) is 10.7 Å². The summed E-state index contributed by atoms with van der Waals surface area (Å²) in [7, 11) is 1.67. The summed E-state index contributed by atoms with van der Waals surface area (Å²) in [5.41, 5.74) is 8.98. The van der Waals surface area contributed by atoms with E-state index in [0.29, 0.717) is 12.5 Å². The lowest BCUT2D eigenvalue weighted by molar-refractivity contribution is 0.0312. The summed E-state index contributed by atoms with van der Waals surface area (Å²) >= 11 is 0. The second-order valence-corrected chi connectivity index (χ2v) is 5.09. The van der Waals surface area contributed by atoms with Crippen LogP contribution in [0, 0.1) is 13.8 Å². The summed E-state index contributed by atoms with van der Waals surface area (Å²) in [6, 6.07) is 6.11. The molecule has 0 saturated carbocycles. The van der Waals surface area contributed by atoms with E-state index < -0.39 is 0 Å². The molecule has 100 valence electrons. The molecule has 1 aromatic rings. The number of anilines is 1. The highest BCUT2D eigenvalue weighted by molar-refractivity contribution is 5.92. The number of nitrogens with two attached hydrogens (primary N) is 1. The number of aryl methyl sites for hydroxylation is 2. The van der Waals surface area contributed by atoms with E-state index in [0.717, 1.165) is 5.69 Å². The van der Waals surface area contributed by atoms with Crippen molar-refractivity contribution in [3.8, 4) is 0 Å². The standard InChI is InChI=1S/C14H23N3O/c1-10-6-7-12(8-11(10)2)17-13(15)16-9-14(3,4)18-5/h6-8H,9H2,1-5H3,(H3,15,16,17). The Morgan fingerprint density at radius 3 is 2.56 bits per heavy atom. The van der Waals surface area contributed by atoms with Gasteiger partial charge in [0.05, 0.1) is 12.1 Å². The quantitative estimate of drug-likeness (QED) is 0.636. The van der Waals surface area contributed by atoms with Crippen LogP contribution in [0.2, 0.25) is 0 Å². The molecule has 1 aromatic carbocycles. The molecule has 0 spiro atoms. The molecule has 0 aliphatic rings. The van der Waals surface area contributed by atoms with Crippen LogP contribution < -0.4 is 11.1 Å². The highest BCUT2D eigenvalue weighted by Crippen LogP contribution is 2.14. The summed E-state index contributed by atoms with van der Waals surface area (Å²) in [6.07, 6.45) is 0. The minimum atomic E-state index is -0.296. The van der Waals surface area contributed by atoms with Gasteiger partial charge in [-0.1, -0.05) is 6.07 Å². The van der Waals surface area contributed by atoms with Crippen LogP contribution >= 0.6 is 0 Å². The van der Waals surface area contributed by atoms with E-state index in [-0.39, 0.29) is 5.60 Å². The molecule has 0 heterocycles. The fraction of sp³-hybridized carbons (Fsp3) is 0.500. The van der Waals surface area contributed by atoms with Gasteiger partial charge < -0.3 is 15.8 Å². The highest BCUT2D eigenvalue weighted by Gasteiger charge is 2.15. The van der Waals surface area contributed by atoms with Crippen molar-refractivity contribution in [3.63, 3.8) is 0 Å². The first-order valence-corrected chi connectivity index (χ1v) is 6.03. The number of benzene rings is 1. The van der Waals surface area contributed by atoms with Crippen LogP contribution in [0.1, 0.15) is 25.0 Å². The summed E-state index contributed by atoms with van der Waals surface area (Å²) < 4.78 is 5.28. The van der Waals surface area contributed by atoms with E-state index in [1.165, 1.54) is 11.1 Å². The maximum atomic E-state index is 5.84. The molecule has 1 rings (SSSR count). The molecule has 4 heteroatoms. The lowest BCUT2D eigenvalue weighted by atomic mass is 10.1. The summed E-state index contributed by atoms with van der Waals surface area (Å²) in [5, 5.41) is 3.08. The van der Waals surface area contributed by atoms with Crippen LogP contribution in [0.3, 0.4) is 0 Å². The average Bonchev–Trinajstić information content (AvgIpc) is 2.32. The zero-order valence-electron chi connectivity index (χ0n) is 11.9. The van der Waals surface area contributed by atoms with Gasteiger partial charge in [-0.3, -0.25) is 4.99 Å². The van der Waals surface area contributed by atoms with E-state index in [2.05, 4.69) is 36.3 Å². The molecule has 4 nitrogen and oxygen atoms in total. The third-order valence-corrected chi connectivity index (χ3v) is 2.96. The maximum Gasteiger partial charge on any atom is 0.193 e. The molecule has 3 N–H and O–H groups in total. The van der Waals surface area contributed by atoms with Gasteiger partial charge in [-0.15, -0.1) is 0 Å². The Hall–Kier alpha value is -1.55. The van der Waals surface area contributed by atoms with E-state index in [1.54, 1.807) is 7.11 Å². The lowest BCUT2D eigenvalue weighted by Gasteiger charge is -2.20. The van der Waals surface area contributed by atoms with Crippen molar-refractivity contribution in [2.75, 3.05) is 19.0 Å². The average molecular weight is 249 g/mol. The van der Waals surface area contributed by atoms with Gasteiger partial charge in [0, 0.05) is 12.8 Å². The van der Waals surface area contributed by atoms with E-state index in [9.17, 15) is 0 Å². The van der Waals surface area contributed by atoms with Crippen molar-refractivity contribution >= 4 is 11.6 Å². The van der Waals surface area contributed by atoms with Gasteiger partial charge in [0.25, 0.3) is 0 Å². The Morgan fingerprint density at radius 2 is 2.00 bits per heavy atom. The summed E-state index contributed by atoms with van der Waals surface area (Å²) in [4.78, 5) is 4.27. The molecule has 0 aromatic heterocycles. The van der Waals surface area contributed by atoms with Gasteiger partial charge in [-0.2, -0.15) is 0 Å². The molecule has 0 fully saturated rings. The number of ether oxygens (including phenoxy) is 1. The fourth-order valence-corrected chi connectivity index (χ4v) is 1.35. The highest BCUT2D eigenvalue weighted by atomic mass is 16.5. The fourth-order valence-electron chi connectivity index (χ4n) is 1.35. The second-order valence-electron chi connectivity index (χ2n) is 5.09. The number of methoxy groups -OCH3 is 1. The van der Waals surface area contributed by atoms with Crippen molar-refractivity contribution in [3.05, 3.63) is 29.3 Å². The van der Waals surface area contributed by atoms with Gasteiger partial charge in [0.1, 0.15) is 0 Å². The van der Waals surface area contributed by atoms with Crippen LogP contribution in [0.25, 0.3) is 0 Å².